The van der Waals surface area contributed by atoms with E-state index >= 15 is 0 Å². The summed E-state index contributed by atoms with van der Waals surface area (Å²) in [6.07, 6.45) is -0.234. The number of benzene rings is 1. The predicted molar refractivity (Wildman–Crippen MR) is 64.6 cm³/mol. The number of hydrogen-bond acceptors (Lipinski definition) is 3. The lowest BCUT2D eigenvalue weighted by atomic mass is 10.0. The van der Waals surface area contributed by atoms with Crippen LogP contribution < -0.4 is 5.32 Å². The van der Waals surface area contributed by atoms with E-state index in [-0.39, 0.29) is 6.42 Å². The van der Waals surface area contributed by atoms with Crippen LogP contribution in [0.2, 0.25) is 0 Å². The molecule has 0 saturated heterocycles. The molecule has 21 heavy (non-hydrogen) atoms. The third kappa shape index (κ3) is 4.21. The Morgan fingerprint density at radius 3 is 2.29 bits per heavy atom. The van der Waals surface area contributed by atoms with Crippen molar-refractivity contribution in [3.63, 3.8) is 0 Å². The minimum atomic E-state index is -1.49. The van der Waals surface area contributed by atoms with Gasteiger partial charge in [0.05, 0.1) is 6.07 Å². The number of hydrogen-bond donors (Lipinski definition) is 2. The van der Waals surface area contributed by atoms with Crippen molar-refractivity contribution in [3.8, 4) is 6.07 Å². The fraction of sp³-hybridized carbons (Fsp3) is 0.308. The molecule has 5 nitrogen and oxygen atoms in total. The Morgan fingerprint density at radius 2 is 1.86 bits per heavy atom. The second kappa shape index (κ2) is 6.74. The second-order valence-corrected chi connectivity index (χ2v) is 4.37. The third-order valence-corrected chi connectivity index (χ3v) is 2.65. The van der Waals surface area contributed by atoms with Crippen LogP contribution in [-0.2, 0) is 4.79 Å². The van der Waals surface area contributed by atoms with Crippen molar-refractivity contribution >= 4 is 11.9 Å². The number of nitrogens with zero attached hydrogens (tertiary/aromatic N) is 1. The van der Waals surface area contributed by atoms with Gasteiger partial charge in [-0.05, 0) is 13.3 Å². The Bertz CT molecular complexity index is 590. The summed E-state index contributed by atoms with van der Waals surface area (Å²) in [7, 11) is 0. The lowest BCUT2D eigenvalue weighted by Crippen LogP contribution is -2.42. The molecule has 1 amide bonds. The molecule has 1 aromatic carbocycles. The van der Waals surface area contributed by atoms with Crippen molar-refractivity contribution in [3.05, 3.63) is 35.1 Å². The largest absolute Gasteiger partial charge is 0.480 e. The smallest absolute Gasteiger partial charge is 0.326 e. The molecule has 8 heteroatoms. The Morgan fingerprint density at radius 1 is 1.33 bits per heavy atom. The van der Waals surface area contributed by atoms with Gasteiger partial charge in [-0.25, -0.2) is 18.0 Å². The van der Waals surface area contributed by atoms with Crippen LogP contribution in [0.15, 0.2) is 12.1 Å². The van der Waals surface area contributed by atoms with Gasteiger partial charge in [0.2, 0.25) is 0 Å². The number of carbonyl (C=O) groups excluding carboxylic acids is 1. The summed E-state index contributed by atoms with van der Waals surface area (Å²) in [6, 6.07) is 0.914. The van der Waals surface area contributed by atoms with Crippen molar-refractivity contribution in [2.24, 2.45) is 5.92 Å². The molecule has 112 valence electrons. The maximum atomic E-state index is 13.4. The van der Waals surface area contributed by atoms with Crippen molar-refractivity contribution in [2.75, 3.05) is 0 Å². The molecule has 0 aliphatic carbocycles. The molecule has 2 N–H and O–H groups in total. The van der Waals surface area contributed by atoms with Gasteiger partial charge in [0.25, 0.3) is 5.91 Å². The number of nitriles is 1. The molecule has 0 unspecified atom stereocenters. The van der Waals surface area contributed by atoms with Crippen LogP contribution in [0, 0.1) is 34.7 Å². The van der Waals surface area contributed by atoms with E-state index in [0.29, 0.717) is 12.1 Å². The number of carboxylic acids is 1. The molecule has 0 heterocycles. The summed E-state index contributed by atoms with van der Waals surface area (Å²) >= 11 is 0. The molecule has 2 atom stereocenters. The van der Waals surface area contributed by atoms with E-state index in [9.17, 15) is 22.8 Å². The van der Waals surface area contributed by atoms with Crippen LogP contribution in [0.5, 0.6) is 0 Å². The van der Waals surface area contributed by atoms with Gasteiger partial charge < -0.3 is 10.4 Å². The lowest BCUT2D eigenvalue weighted by molar-refractivity contribution is -0.139. The molecule has 0 radical (unpaired) electrons. The first-order valence-corrected chi connectivity index (χ1v) is 5.84. The van der Waals surface area contributed by atoms with Gasteiger partial charge in [0, 0.05) is 18.1 Å². The summed E-state index contributed by atoms with van der Waals surface area (Å²) in [6.45, 7) is 1.43. The minimum Gasteiger partial charge on any atom is -0.480 e. The summed E-state index contributed by atoms with van der Waals surface area (Å²) in [5.74, 6) is -7.55. The highest BCUT2D eigenvalue weighted by molar-refractivity contribution is 5.97. The highest BCUT2D eigenvalue weighted by Crippen LogP contribution is 2.15. The zero-order valence-electron chi connectivity index (χ0n) is 10.9. The fourth-order valence-electron chi connectivity index (χ4n) is 1.62. The predicted octanol–water partition coefficient (Wildman–Crippen LogP) is 1.84. The number of halogens is 3. The molecule has 0 saturated carbocycles. The first-order valence-electron chi connectivity index (χ1n) is 5.84. The average molecular weight is 300 g/mol. The maximum absolute atomic E-state index is 13.4. The molecule has 0 aliphatic heterocycles. The number of carboxylic acid groups (broad SMARTS) is 1. The topological polar surface area (TPSA) is 90.2 Å². The van der Waals surface area contributed by atoms with Crippen LogP contribution in [0.4, 0.5) is 13.2 Å². The Kier molecular flexibility index (Phi) is 5.30. The minimum absolute atomic E-state index is 0.234. The van der Waals surface area contributed by atoms with E-state index in [1.54, 1.807) is 6.07 Å². The van der Waals surface area contributed by atoms with E-state index in [4.69, 9.17) is 10.4 Å². The normalized spacial score (nSPS) is 13.1. The SMILES string of the molecule is C[C@@H](C#N)C[C@H](NC(=O)c1c(F)cc(F)cc1F)C(=O)O. The monoisotopic (exact) mass is 300 g/mol. The standard InChI is InChI=1S/C13H11F3N2O3/c1-6(5-17)2-10(13(20)21)18-12(19)11-8(15)3-7(14)4-9(11)16/h3-4,6,10H,2H2,1H3,(H,18,19)(H,20,21)/t6-,10+/m1/s1. The molecule has 0 aliphatic rings. The van der Waals surface area contributed by atoms with Crippen molar-refractivity contribution in [2.45, 2.75) is 19.4 Å². The molecule has 1 rings (SSSR count). The quantitative estimate of drug-likeness (QED) is 0.868. The number of aliphatic carboxylic acids is 1. The van der Waals surface area contributed by atoms with E-state index in [2.05, 4.69) is 0 Å². The van der Waals surface area contributed by atoms with Crippen LogP contribution in [0.25, 0.3) is 0 Å². The zero-order valence-corrected chi connectivity index (χ0v) is 10.9. The Hall–Kier alpha value is -2.56. The van der Waals surface area contributed by atoms with E-state index in [0.717, 1.165) is 0 Å². The van der Waals surface area contributed by atoms with Crippen molar-refractivity contribution < 1.29 is 27.9 Å². The Labute approximate surface area is 118 Å². The molecule has 0 fully saturated rings. The van der Waals surface area contributed by atoms with Gasteiger partial charge in [-0.1, -0.05) is 0 Å². The van der Waals surface area contributed by atoms with Crippen molar-refractivity contribution in [1.82, 2.24) is 5.32 Å². The molecule has 0 spiro atoms. The first kappa shape index (κ1) is 16.5. The number of carbonyl (C=O) groups is 2. The number of amides is 1. The third-order valence-electron chi connectivity index (χ3n) is 2.65. The first-order chi connectivity index (χ1) is 9.76. The van der Waals surface area contributed by atoms with Crippen LogP contribution >= 0.6 is 0 Å². The van der Waals surface area contributed by atoms with Gasteiger partial charge in [-0.15, -0.1) is 0 Å². The molecule has 0 aromatic heterocycles. The lowest BCUT2D eigenvalue weighted by Gasteiger charge is -2.16. The number of nitrogens with one attached hydrogen (secondary N) is 1. The highest BCUT2D eigenvalue weighted by atomic mass is 19.1. The molecule has 1 aromatic rings. The number of rotatable bonds is 5. The Balaban J connectivity index is 2.98. The fourth-order valence-corrected chi connectivity index (χ4v) is 1.62. The second-order valence-electron chi connectivity index (χ2n) is 4.37. The summed E-state index contributed by atoms with van der Waals surface area (Å²) in [4.78, 5) is 22.7. The van der Waals surface area contributed by atoms with Gasteiger partial charge >= 0.3 is 5.97 Å². The van der Waals surface area contributed by atoms with Crippen molar-refractivity contribution in [1.29, 1.82) is 5.26 Å². The summed E-state index contributed by atoms with van der Waals surface area (Å²) in [5.41, 5.74) is -1.08. The van der Waals surface area contributed by atoms with Crippen LogP contribution in [0.3, 0.4) is 0 Å². The van der Waals surface area contributed by atoms with Gasteiger partial charge in [-0.3, -0.25) is 4.79 Å². The van der Waals surface area contributed by atoms with E-state index in [1.807, 2.05) is 5.32 Å². The van der Waals surface area contributed by atoms with Gasteiger partial charge in [0.1, 0.15) is 29.1 Å². The zero-order chi connectivity index (χ0) is 16.2. The van der Waals surface area contributed by atoms with E-state index in [1.165, 1.54) is 6.92 Å². The average Bonchev–Trinajstić information content (AvgIpc) is 2.36. The van der Waals surface area contributed by atoms with E-state index < -0.39 is 46.9 Å². The summed E-state index contributed by atoms with van der Waals surface area (Å²) < 4.78 is 39.5. The summed E-state index contributed by atoms with van der Waals surface area (Å²) in [5, 5.41) is 19.4. The molecular formula is C13H11F3N2O3. The molecular weight excluding hydrogens is 289 g/mol. The highest BCUT2D eigenvalue weighted by Gasteiger charge is 2.26. The van der Waals surface area contributed by atoms with Gasteiger partial charge in [0.15, 0.2) is 0 Å². The molecule has 0 bridgehead atoms. The van der Waals surface area contributed by atoms with Crippen LogP contribution in [-0.4, -0.2) is 23.0 Å². The van der Waals surface area contributed by atoms with Gasteiger partial charge in [-0.2, -0.15) is 5.26 Å². The maximum Gasteiger partial charge on any atom is 0.326 e. The van der Waals surface area contributed by atoms with Crippen LogP contribution in [0.1, 0.15) is 23.7 Å².